The zero-order valence-electron chi connectivity index (χ0n) is 14.5. The van der Waals surface area contributed by atoms with Crippen molar-refractivity contribution in [2.45, 2.75) is 51.6 Å². The van der Waals surface area contributed by atoms with Crippen molar-refractivity contribution in [3.8, 4) is 0 Å². The minimum Gasteiger partial charge on any atom is -0.345 e. The first kappa shape index (κ1) is 15.9. The van der Waals surface area contributed by atoms with E-state index in [1.54, 1.807) is 6.07 Å². The zero-order chi connectivity index (χ0) is 17.2. The number of imidazole rings is 1. The zero-order valence-corrected chi connectivity index (χ0v) is 14.5. The van der Waals surface area contributed by atoms with E-state index < -0.39 is 0 Å². The van der Waals surface area contributed by atoms with E-state index >= 15 is 0 Å². The molecule has 3 aromatic heterocycles. The van der Waals surface area contributed by atoms with Crippen LogP contribution in [0, 0.1) is 6.92 Å². The normalized spacial score (nSPS) is 15.6. The number of amides is 1. The number of aromatic nitrogens is 4. The summed E-state index contributed by atoms with van der Waals surface area (Å²) in [6, 6.07) is 6.27. The molecule has 0 atom stereocenters. The molecule has 0 bridgehead atoms. The number of hydrogen-bond donors (Lipinski definition) is 1. The summed E-state index contributed by atoms with van der Waals surface area (Å²) >= 11 is 0. The van der Waals surface area contributed by atoms with Crippen LogP contribution in [0.2, 0.25) is 0 Å². The van der Waals surface area contributed by atoms with Gasteiger partial charge in [0.05, 0.1) is 18.3 Å². The van der Waals surface area contributed by atoms with Crippen LogP contribution in [-0.2, 0) is 6.54 Å². The molecule has 1 fully saturated rings. The summed E-state index contributed by atoms with van der Waals surface area (Å²) < 4.78 is 3.94. The first-order valence-electron chi connectivity index (χ1n) is 8.97. The predicted octanol–water partition coefficient (Wildman–Crippen LogP) is 3.27. The van der Waals surface area contributed by atoms with Gasteiger partial charge in [-0.05, 0) is 37.5 Å². The van der Waals surface area contributed by atoms with Gasteiger partial charge in [-0.15, -0.1) is 0 Å². The van der Waals surface area contributed by atoms with Gasteiger partial charge in [0.15, 0.2) is 0 Å². The van der Waals surface area contributed by atoms with E-state index in [1.807, 2.05) is 46.7 Å². The Hall–Kier alpha value is -2.63. The highest BCUT2D eigenvalue weighted by Gasteiger charge is 2.18. The summed E-state index contributed by atoms with van der Waals surface area (Å²) in [7, 11) is 0. The lowest BCUT2D eigenvalue weighted by Crippen LogP contribution is -2.24. The van der Waals surface area contributed by atoms with E-state index in [9.17, 15) is 4.79 Å². The molecule has 6 heteroatoms. The molecule has 4 rings (SSSR count). The van der Waals surface area contributed by atoms with Gasteiger partial charge in [0.1, 0.15) is 11.3 Å². The van der Waals surface area contributed by atoms with Crippen molar-refractivity contribution in [2.24, 2.45) is 0 Å². The number of carbonyl (C=O) groups is 1. The number of carbonyl (C=O) groups excluding carboxylic acids is 1. The average Bonchev–Trinajstić information content (AvgIpc) is 3.28. The van der Waals surface area contributed by atoms with Crippen LogP contribution in [0.1, 0.15) is 59.9 Å². The van der Waals surface area contributed by atoms with Crippen LogP contribution in [-0.4, -0.2) is 25.1 Å². The van der Waals surface area contributed by atoms with E-state index in [0.29, 0.717) is 18.3 Å². The maximum absolute atomic E-state index is 12.4. The number of rotatable bonds is 4. The van der Waals surface area contributed by atoms with E-state index in [4.69, 9.17) is 0 Å². The highest BCUT2D eigenvalue weighted by molar-refractivity contribution is 5.92. The van der Waals surface area contributed by atoms with Crippen LogP contribution in [0.25, 0.3) is 5.65 Å². The highest BCUT2D eigenvalue weighted by atomic mass is 16.1. The Morgan fingerprint density at radius 2 is 2.08 bits per heavy atom. The number of fused-ring (bicyclic) bond motifs is 1. The van der Waals surface area contributed by atoms with Gasteiger partial charge in [-0.3, -0.25) is 9.48 Å². The Labute approximate surface area is 146 Å². The lowest BCUT2D eigenvalue weighted by atomic mass is 9.96. The van der Waals surface area contributed by atoms with Crippen molar-refractivity contribution >= 4 is 11.6 Å². The van der Waals surface area contributed by atoms with Crippen molar-refractivity contribution in [3.05, 3.63) is 53.7 Å². The fourth-order valence-electron chi connectivity index (χ4n) is 3.56. The SMILES string of the molecule is Cc1cccn2cc(CNC(=O)c3ccn(C4CCCCC4)n3)nc12. The van der Waals surface area contributed by atoms with Crippen LogP contribution in [0.3, 0.4) is 0 Å². The Balaban J connectivity index is 1.41. The lowest BCUT2D eigenvalue weighted by molar-refractivity contribution is 0.0944. The lowest BCUT2D eigenvalue weighted by Gasteiger charge is -2.21. The molecule has 1 amide bonds. The largest absolute Gasteiger partial charge is 0.345 e. The van der Waals surface area contributed by atoms with E-state index in [0.717, 1.165) is 29.7 Å². The summed E-state index contributed by atoms with van der Waals surface area (Å²) in [5.74, 6) is -0.150. The smallest absolute Gasteiger partial charge is 0.272 e. The first-order valence-corrected chi connectivity index (χ1v) is 8.97. The molecule has 3 aromatic rings. The molecule has 0 saturated heterocycles. The summed E-state index contributed by atoms with van der Waals surface area (Å²) in [4.78, 5) is 17.0. The molecule has 0 aromatic carbocycles. The second-order valence-electron chi connectivity index (χ2n) is 6.81. The quantitative estimate of drug-likeness (QED) is 0.794. The minimum atomic E-state index is -0.150. The fraction of sp³-hybridized carbons (Fsp3) is 0.421. The van der Waals surface area contributed by atoms with Gasteiger partial charge >= 0.3 is 0 Å². The number of hydrogen-bond acceptors (Lipinski definition) is 3. The van der Waals surface area contributed by atoms with Crippen molar-refractivity contribution in [1.82, 2.24) is 24.5 Å². The summed E-state index contributed by atoms with van der Waals surface area (Å²) in [5, 5.41) is 7.40. The molecule has 6 nitrogen and oxygen atoms in total. The van der Waals surface area contributed by atoms with Gasteiger partial charge in [-0.2, -0.15) is 5.10 Å². The maximum atomic E-state index is 12.4. The second-order valence-corrected chi connectivity index (χ2v) is 6.81. The van der Waals surface area contributed by atoms with Gasteiger partial charge in [0.2, 0.25) is 0 Å². The third-order valence-corrected chi connectivity index (χ3v) is 4.95. The second kappa shape index (κ2) is 6.70. The topological polar surface area (TPSA) is 64.2 Å². The standard InChI is InChI=1S/C19H23N5O/c1-14-6-5-10-23-13-15(21-18(14)23)12-20-19(25)17-9-11-24(22-17)16-7-3-2-4-8-16/h5-6,9-11,13,16H,2-4,7-8,12H2,1H3,(H,20,25). The highest BCUT2D eigenvalue weighted by Crippen LogP contribution is 2.27. The summed E-state index contributed by atoms with van der Waals surface area (Å²) in [5.41, 5.74) is 3.36. The molecule has 130 valence electrons. The van der Waals surface area contributed by atoms with Gasteiger partial charge in [-0.25, -0.2) is 4.98 Å². The van der Waals surface area contributed by atoms with Crippen molar-refractivity contribution in [2.75, 3.05) is 0 Å². The van der Waals surface area contributed by atoms with Crippen LogP contribution in [0.15, 0.2) is 36.8 Å². The fourth-order valence-corrected chi connectivity index (χ4v) is 3.56. The van der Waals surface area contributed by atoms with Gasteiger partial charge < -0.3 is 9.72 Å². The van der Waals surface area contributed by atoms with Gasteiger partial charge in [-0.1, -0.05) is 25.3 Å². The molecule has 3 heterocycles. The molecule has 1 aliphatic rings. The van der Waals surface area contributed by atoms with Gasteiger partial charge in [0, 0.05) is 18.6 Å². The van der Waals surface area contributed by atoms with E-state index in [1.165, 1.54) is 19.3 Å². The molecule has 0 unspecified atom stereocenters. The van der Waals surface area contributed by atoms with Crippen molar-refractivity contribution < 1.29 is 4.79 Å². The third kappa shape index (κ3) is 3.29. The number of pyridine rings is 1. The Morgan fingerprint density at radius 1 is 1.24 bits per heavy atom. The number of nitrogens with zero attached hydrogens (tertiary/aromatic N) is 4. The summed E-state index contributed by atoms with van der Waals surface area (Å²) in [6.07, 6.45) is 12.0. The van der Waals surface area contributed by atoms with Gasteiger partial charge in [0.25, 0.3) is 5.91 Å². The molecule has 0 spiro atoms. The third-order valence-electron chi connectivity index (χ3n) is 4.95. The van der Waals surface area contributed by atoms with Crippen LogP contribution in [0.5, 0.6) is 0 Å². The van der Waals surface area contributed by atoms with Crippen molar-refractivity contribution in [3.63, 3.8) is 0 Å². The van der Waals surface area contributed by atoms with E-state index in [2.05, 4.69) is 15.4 Å². The molecule has 25 heavy (non-hydrogen) atoms. The summed E-state index contributed by atoms with van der Waals surface area (Å²) in [6.45, 7) is 2.43. The van der Waals surface area contributed by atoms with Crippen LogP contribution >= 0.6 is 0 Å². The molecule has 1 aliphatic carbocycles. The number of aryl methyl sites for hydroxylation is 1. The Kier molecular flexibility index (Phi) is 4.26. The van der Waals surface area contributed by atoms with Crippen molar-refractivity contribution in [1.29, 1.82) is 0 Å². The Morgan fingerprint density at radius 3 is 2.88 bits per heavy atom. The molecule has 1 N–H and O–H groups in total. The minimum absolute atomic E-state index is 0.150. The monoisotopic (exact) mass is 337 g/mol. The molecule has 0 aliphatic heterocycles. The predicted molar refractivity (Wildman–Crippen MR) is 95.4 cm³/mol. The molecular formula is C19H23N5O. The maximum Gasteiger partial charge on any atom is 0.272 e. The van der Waals surface area contributed by atoms with E-state index in [-0.39, 0.29) is 5.91 Å². The molecular weight excluding hydrogens is 314 g/mol. The number of nitrogens with one attached hydrogen (secondary N) is 1. The first-order chi connectivity index (χ1) is 12.2. The van der Waals surface area contributed by atoms with Crippen LogP contribution in [0.4, 0.5) is 0 Å². The molecule has 1 saturated carbocycles. The molecule has 0 radical (unpaired) electrons. The Bertz CT molecular complexity index is 888. The van der Waals surface area contributed by atoms with Crippen LogP contribution < -0.4 is 5.32 Å². The average molecular weight is 337 g/mol.